The summed E-state index contributed by atoms with van der Waals surface area (Å²) in [6.45, 7) is 5.80. The molecule has 0 atom stereocenters. The molecule has 2 rings (SSSR count). The van der Waals surface area contributed by atoms with Crippen LogP contribution in [0.25, 0.3) is 10.9 Å². The molecule has 1 aromatic carbocycles. The first kappa shape index (κ1) is 11.2. The number of benzene rings is 1. The van der Waals surface area contributed by atoms with Crippen LogP contribution in [0.5, 0.6) is 0 Å². The predicted molar refractivity (Wildman–Crippen MR) is 67.7 cm³/mol. The van der Waals surface area contributed by atoms with E-state index in [1.165, 1.54) is 22.0 Å². The summed E-state index contributed by atoms with van der Waals surface area (Å²) in [5, 5.41) is 11.2. The Morgan fingerprint density at radius 2 is 2.00 bits per heavy atom. The van der Waals surface area contributed by atoms with E-state index in [1.807, 2.05) is 20.9 Å². The van der Waals surface area contributed by atoms with Gasteiger partial charge in [-0.1, -0.05) is 11.6 Å². The van der Waals surface area contributed by atoms with Crippen molar-refractivity contribution in [2.75, 3.05) is 0 Å². The van der Waals surface area contributed by atoms with Gasteiger partial charge in [-0.05, 0) is 38.5 Å². The van der Waals surface area contributed by atoms with Crippen LogP contribution in [0, 0.1) is 6.92 Å². The molecule has 0 amide bonds. The van der Waals surface area contributed by atoms with Crippen molar-refractivity contribution in [3.05, 3.63) is 35.5 Å². The highest BCUT2D eigenvalue weighted by molar-refractivity contribution is 5.84. The van der Waals surface area contributed by atoms with Gasteiger partial charge in [-0.15, -0.1) is 0 Å². The van der Waals surface area contributed by atoms with Gasteiger partial charge >= 0.3 is 0 Å². The minimum Gasteiger partial charge on any atom is -0.390 e. The average Bonchev–Trinajstić information content (AvgIpc) is 2.40. The Balaban J connectivity index is 2.57. The molecular weight excluding hydrogens is 198 g/mol. The molecule has 1 N–H and O–H groups in total. The zero-order valence-corrected chi connectivity index (χ0v) is 10.4. The monoisotopic (exact) mass is 217 g/mol. The Labute approximate surface area is 96.5 Å². The molecule has 0 unspecified atom stereocenters. The number of aromatic nitrogens is 1. The Hall–Kier alpha value is -1.28. The molecule has 0 aliphatic heterocycles. The fourth-order valence-electron chi connectivity index (χ4n) is 2.19. The van der Waals surface area contributed by atoms with E-state index in [-0.39, 0.29) is 0 Å². The SMILES string of the molecule is Cc1ccc2c(c1)c(CC(C)(C)O)cn2C. The molecule has 0 aliphatic carbocycles. The van der Waals surface area contributed by atoms with Gasteiger partial charge in [-0.3, -0.25) is 0 Å². The van der Waals surface area contributed by atoms with Gasteiger partial charge in [0.1, 0.15) is 0 Å². The predicted octanol–water partition coefficient (Wildman–Crippen LogP) is 2.80. The van der Waals surface area contributed by atoms with Gasteiger partial charge in [0, 0.05) is 30.6 Å². The van der Waals surface area contributed by atoms with Crippen molar-refractivity contribution >= 4 is 10.9 Å². The Bertz CT molecular complexity index is 517. The van der Waals surface area contributed by atoms with Crippen molar-refractivity contribution in [1.82, 2.24) is 4.57 Å². The molecule has 2 aromatic rings. The molecular formula is C14H19NO. The molecule has 1 aromatic heterocycles. The molecule has 0 radical (unpaired) electrons. The lowest BCUT2D eigenvalue weighted by Crippen LogP contribution is -2.21. The lowest BCUT2D eigenvalue weighted by Gasteiger charge is -2.16. The average molecular weight is 217 g/mol. The Morgan fingerprint density at radius 1 is 1.31 bits per heavy atom. The largest absolute Gasteiger partial charge is 0.390 e. The maximum absolute atomic E-state index is 9.90. The summed E-state index contributed by atoms with van der Waals surface area (Å²) in [5.74, 6) is 0. The topological polar surface area (TPSA) is 25.2 Å². The van der Waals surface area contributed by atoms with Gasteiger partial charge in [-0.25, -0.2) is 0 Å². The summed E-state index contributed by atoms with van der Waals surface area (Å²) in [6.07, 6.45) is 2.80. The number of hydrogen-bond acceptors (Lipinski definition) is 1. The summed E-state index contributed by atoms with van der Waals surface area (Å²) < 4.78 is 2.12. The van der Waals surface area contributed by atoms with Crippen molar-refractivity contribution in [1.29, 1.82) is 0 Å². The quantitative estimate of drug-likeness (QED) is 0.822. The molecule has 1 heterocycles. The second kappa shape index (κ2) is 3.63. The Morgan fingerprint density at radius 3 is 2.62 bits per heavy atom. The molecule has 2 nitrogen and oxygen atoms in total. The molecule has 0 spiro atoms. The minimum absolute atomic E-state index is 0.655. The number of aryl methyl sites for hydroxylation is 2. The molecule has 86 valence electrons. The molecule has 0 bridgehead atoms. The lowest BCUT2D eigenvalue weighted by molar-refractivity contribution is 0.0813. The summed E-state index contributed by atoms with van der Waals surface area (Å²) >= 11 is 0. The van der Waals surface area contributed by atoms with Crippen LogP contribution < -0.4 is 0 Å². The van der Waals surface area contributed by atoms with Crippen molar-refractivity contribution in [3.63, 3.8) is 0 Å². The second-order valence-corrected chi connectivity index (χ2v) is 5.28. The highest BCUT2D eigenvalue weighted by Gasteiger charge is 2.17. The molecule has 2 heteroatoms. The van der Waals surface area contributed by atoms with Crippen LogP contribution in [0.3, 0.4) is 0 Å². The van der Waals surface area contributed by atoms with E-state index < -0.39 is 5.60 Å². The first-order chi connectivity index (χ1) is 7.37. The van der Waals surface area contributed by atoms with Gasteiger partial charge in [0.25, 0.3) is 0 Å². The molecule has 0 fully saturated rings. The van der Waals surface area contributed by atoms with E-state index in [0.29, 0.717) is 6.42 Å². The lowest BCUT2D eigenvalue weighted by atomic mass is 9.98. The normalized spacial score (nSPS) is 12.3. The van der Waals surface area contributed by atoms with Gasteiger partial charge in [0.05, 0.1) is 5.60 Å². The number of aliphatic hydroxyl groups is 1. The van der Waals surface area contributed by atoms with E-state index in [4.69, 9.17) is 0 Å². The van der Waals surface area contributed by atoms with Crippen molar-refractivity contribution < 1.29 is 5.11 Å². The van der Waals surface area contributed by atoms with E-state index >= 15 is 0 Å². The fourth-order valence-corrected chi connectivity index (χ4v) is 2.19. The minimum atomic E-state index is -0.655. The highest BCUT2D eigenvalue weighted by atomic mass is 16.3. The summed E-state index contributed by atoms with van der Waals surface area (Å²) in [4.78, 5) is 0. The first-order valence-electron chi connectivity index (χ1n) is 5.64. The first-order valence-corrected chi connectivity index (χ1v) is 5.64. The summed E-state index contributed by atoms with van der Waals surface area (Å²) in [5.41, 5.74) is 3.05. The standard InChI is InChI=1S/C14H19NO/c1-10-5-6-13-12(7-10)11(9-15(13)4)8-14(2,3)16/h5-7,9,16H,8H2,1-4H3. The zero-order valence-electron chi connectivity index (χ0n) is 10.4. The summed E-state index contributed by atoms with van der Waals surface area (Å²) in [7, 11) is 2.05. The number of hydrogen-bond donors (Lipinski definition) is 1. The van der Waals surface area contributed by atoms with Gasteiger partial charge in [-0.2, -0.15) is 0 Å². The van der Waals surface area contributed by atoms with Crippen molar-refractivity contribution in [2.45, 2.75) is 32.8 Å². The van der Waals surface area contributed by atoms with Gasteiger partial charge in [0.2, 0.25) is 0 Å². The van der Waals surface area contributed by atoms with Crippen LogP contribution in [0.15, 0.2) is 24.4 Å². The maximum atomic E-state index is 9.90. The van der Waals surface area contributed by atoms with Crippen LogP contribution in [0.1, 0.15) is 25.0 Å². The van der Waals surface area contributed by atoms with Crippen molar-refractivity contribution in [2.24, 2.45) is 7.05 Å². The number of nitrogens with zero attached hydrogens (tertiary/aromatic N) is 1. The molecule has 16 heavy (non-hydrogen) atoms. The van der Waals surface area contributed by atoms with E-state index in [1.54, 1.807) is 0 Å². The number of fused-ring (bicyclic) bond motifs is 1. The van der Waals surface area contributed by atoms with Crippen LogP contribution in [0.4, 0.5) is 0 Å². The molecule has 0 saturated heterocycles. The number of rotatable bonds is 2. The van der Waals surface area contributed by atoms with Crippen LogP contribution in [0.2, 0.25) is 0 Å². The van der Waals surface area contributed by atoms with Crippen LogP contribution in [-0.2, 0) is 13.5 Å². The third-order valence-corrected chi connectivity index (χ3v) is 2.85. The van der Waals surface area contributed by atoms with E-state index in [2.05, 4.69) is 35.9 Å². The third-order valence-electron chi connectivity index (χ3n) is 2.85. The molecule has 0 saturated carbocycles. The van der Waals surface area contributed by atoms with E-state index in [9.17, 15) is 5.11 Å². The van der Waals surface area contributed by atoms with Gasteiger partial charge in [0.15, 0.2) is 0 Å². The fraction of sp³-hybridized carbons (Fsp3) is 0.429. The van der Waals surface area contributed by atoms with Gasteiger partial charge < -0.3 is 9.67 Å². The Kier molecular flexibility index (Phi) is 2.55. The maximum Gasteiger partial charge on any atom is 0.0632 e. The summed E-state index contributed by atoms with van der Waals surface area (Å²) in [6, 6.07) is 6.45. The van der Waals surface area contributed by atoms with Crippen LogP contribution in [-0.4, -0.2) is 15.3 Å². The second-order valence-electron chi connectivity index (χ2n) is 5.28. The smallest absolute Gasteiger partial charge is 0.0632 e. The van der Waals surface area contributed by atoms with Crippen LogP contribution >= 0.6 is 0 Å². The zero-order chi connectivity index (χ0) is 11.9. The third kappa shape index (κ3) is 2.12. The van der Waals surface area contributed by atoms with Crippen molar-refractivity contribution in [3.8, 4) is 0 Å². The molecule has 0 aliphatic rings. The highest BCUT2D eigenvalue weighted by Crippen LogP contribution is 2.25. The van der Waals surface area contributed by atoms with E-state index in [0.717, 1.165) is 0 Å².